The van der Waals surface area contributed by atoms with Crippen LogP contribution in [0.2, 0.25) is 0 Å². The second-order valence-electron chi connectivity index (χ2n) is 6.43. The number of ether oxygens (including phenoxy) is 1. The van der Waals surface area contributed by atoms with Gasteiger partial charge in [0, 0.05) is 32.2 Å². The quantitative estimate of drug-likeness (QED) is 0.444. The highest BCUT2D eigenvalue weighted by Crippen LogP contribution is 2.31. The summed E-state index contributed by atoms with van der Waals surface area (Å²) in [4.78, 5) is 28.7. The van der Waals surface area contributed by atoms with Gasteiger partial charge in [0.1, 0.15) is 4.32 Å². The molecule has 0 atom stereocenters. The summed E-state index contributed by atoms with van der Waals surface area (Å²) in [5, 5.41) is 2.96. The first-order valence-electron chi connectivity index (χ1n) is 8.94. The normalized spacial score (nSPS) is 19.7. The molecular formula is C19H23N3O3S2. The van der Waals surface area contributed by atoms with Crippen LogP contribution in [-0.2, 0) is 9.53 Å². The van der Waals surface area contributed by atoms with Gasteiger partial charge in [0.2, 0.25) is 0 Å². The Labute approximate surface area is 168 Å². The molecule has 0 spiro atoms. The molecule has 2 fully saturated rings. The highest BCUT2D eigenvalue weighted by atomic mass is 32.2. The largest absolute Gasteiger partial charge is 0.379 e. The van der Waals surface area contributed by atoms with E-state index in [1.165, 1.54) is 16.7 Å². The molecule has 0 unspecified atom stereocenters. The van der Waals surface area contributed by atoms with Crippen LogP contribution in [-0.4, -0.2) is 72.4 Å². The monoisotopic (exact) mass is 405 g/mol. The summed E-state index contributed by atoms with van der Waals surface area (Å²) < 4.78 is 5.88. The lowest BCUT2D eigenvalue weighted by molar-refractivity contribution is -0.121. The number of benzene rings is 1. The van der Waals surface area contributed by atoms with E-state index in [1.54, 1.807) is 25.3 Å². The third-order valence-electron chi connectivity index (χ3n) is 4.50. The summed E-state index contributed by atoms with van der Waals surface area (Å²) >= 11 is 6.41. The van der Waals surface area contributed by atoms with Crippen molar-refractivity contribution in [1.29, 1.82) is 0 Å². The lowest BCUT2D eigenvalue weighted by Gasteiger charge is -2.26. The van der Waals surface area contributed by atoms with E-state index in [-0.39, 0.29) is 11.8 Å². The van der Waals surface area contributed by atoms with Crippen LogP contribution in [0.1, 0.15) is 22.3 Å². The summed E-state index contributed by atoms with van der Waals surface area (Å²) in [6.45, 7) is 5.13. The number of carbonyl (C=O) groups excluding carboxylic acids is 2. The molecule has 0 bridgehead atoms. The molecule has 2 saturated heterocycles. The van der Waals surface area contributed by atoms with E-state index in [1.807, 2.05) is 12.1 Å². The van der Waals surface area contributed by atoms with Crippen molar-refractivity contribution < 1.29 is 14.3 Å². The van der Waals surface area contributed by atoms with Gasteiger partial charge >= 0.3 is 0 Å². The van der Waals surface area contributed by atoms with Crippen LogP contribution in [0.25, 0.3) is 6.08 Å². The number of nitrogens with zero attached hydrogens (tertiary/aromatic N) is 2. The van der Waals surface area contributed by atoms with Crippen LogP contribution >= 0.6 is 24.0 Å². The number of thiocarbonyl (C=S) groups is 1. The standard InChI is InChI=1S/C19H23N3O3S2/c1-21-18(24)16(27-19(21)26)13-14-3-5-15(6-4-14)17(23)20-7-2-8-22-9-11-25-12-10-22/h3-6,13H,2,7-12H2,1H3,(H,20,23). The van der Waals surface area contributed by atoms with Gasteiger partial charge in [-0.1, -0.05) is 36.1 Å². The zero-order chi connectivity index (χ0) is 19.2. The molecule has 1 N–H and O–H groups in total. The van der Waals surface area contributed by atoms with Crippen molar-refractivity contribution in [2.75, 3.05) is 46.4 Å². The van der Waals surface area contributed by atoms with Gasteiger partial charge in [-0.2, -0.15) is 0 Å². The zero-order valence-corrected chi connectivity index (χ0v) is 16.9. The molecule has 0 saturated carbocycles. The lowest BCUT2D eigenvalue weighted by Crippen LogP contribution is -2.38. The molecule has 8 heteroatoms. The first kappa shape index (κ1) is 20.0. The molecular weight excluding hydrogens is 382 g/mol. The summed E-state index contributed by atoms with van der Waals surface area (Å²) in [6.07, 6.45) is 2.72. The minimum absolute atomic E-state index is 0.0802. The Balaban J connectivity index is 1.47. The second-order valence-corrected chi connectivity index (χ2v) is 8.10. The maximum absolute atomic E-state index is 12.2. The van der Waals surface area contributed by atoms with Crippen molar-refractivity contribution in [3.05, 3.63) is 40.3 Å². The van der Waals surface area contributed by atoms with Gasteiger partial charge in [0.25, 0.3) is 11.8 Å². The minimum Gasteiger partial charge on any atom is -0.379 e. The number of amides is 2. The van der Waals surface area contributed by atoms with Crippen LogP contribution in [0.15, 0.2) is 29.2 Å². The third-order valence-corrected chi connectivity index (χ3v) is 5.98. The van der Waals surface area contributed by atoms with Crippen molar-refractivity contribution in [3.8, 4) is 0 Å². The topological polar surface area (TPSA) is 61.9 Å². The zero-order valence-electron chi connectivity index (χ0n) is 15.3. The summed E-state index contributed by atoms with van der Waals surface area (Å²) in [6, 6.07) is 7.22. The average Bonchev–Trinajstić information content (AvgIpc) is 2.93. The molecule has 2 aliphatic rings. The number of likely N-dealkylation sites (N-methyl/N-ethyl adjacent to an activating group) is 1. The van der Waals surface area contributed by atoms with Crippen LogP contribution in [0.4, 0.5) is 0 Å². The number of hydrogen-bond acceptors (Lipinski definition) is 6. The molecule has 27 heavy (non-hydrogen) atoms. The summed E-state index contributed by atoms with van der Waals surface area (Å²) in [5.41, 5.74) is 1.48. The van der Waals surface area contributed by atoms with Crippen molar-refractivity contribution in [2.45, 2.75) is 6.42 Å². The number of thioether (sulfide) groups is 1. The van der Waals surface area contributed by atoms with Gasteiger partial charge in [-0.05, 0) is 36.7 Å². The predicted octanol–water partition coefficient (Wildman–Crippen LogP) is 1.97. The molecule has 0 aliphatic carbocycles. The fourth-order valence-electron chi connectivity index (χ4n) is 2.86. The van der Waals surface area contributed by atoms with Crippen molar-refractivity contribution in [1.82, 2.24) is 15.1 Å². The van der Waals surface area contributed by atoms with Gasteiger partial charge in [-0.15, -0.1) is 0 Å². The Morgan fingerprint density at radius 2 is 2.00 bits per heavy atom. The van der Waals surface area contributed by atoms with Gasteiger partial charge in [0.05, 0.1) is 18.1 Å². The van der Waals surface area contributed by atoms with E-state index < -0.39 is 0 Å². The van der Waals surface area contributed by atoms with Gasteiger partial charge < -0.3 is 10.1 Å². The Bertz CT molecular complexity index is 743. The maximum Gasteiger partial charge on any atom is 0.265 e. The molecule has 2 heterocycles. The van der Waals surface area contributed by atoms with E-state index >= 15 is 0 Å². The highest BCUT2D eigenvalue weighted by Gasteiger charge is 2.28. The Morgan fingerprint density at radius 3 is 2.63 bits per heavy atom. The average molecular weight is 406 g/mol. The lowest BCUT2D eigenvalue weighted by atomic mass is 10.1. The molecule has 6 nitrogen and oxygen atoms in total. The molecule has 2 aliphatic heterocycles. The minimum atomic E-state index is -0.0907. The van der Waals surface area contributed by atoms with E-state index in [0.717, 1.165) is 44.8 Å². The fourth-order valence-corrected chi connectivity index (χ4v) is 4.04. The van der Waals surface area contributed by atoms with E-state index in [4.69, 9.17) is 17.0 Å². The maximum atomic E-state index is 12.2. The number of nitrogens with one attached hydrogen (secondary N) is 1. The Hall–Kier alpha value is -1.74. The first-order chi connectivity index (χ1) is 13.0. The molecule has 0 radical (unpaired) electrons. The van der Waals surface area contributed by atoms with Crippen molar-refractivity contribution >= 4 is 46.2 Å². The number of morpholine rings is 1. The predicted molar refractivity (Wildman–Crippen MR) is 112 cm³/mol. The van der Waals surface area contributed by atoms with Crippen LogP contribution in [0.5, 0.6) is 0 Å². The number of rotatable bonds is 6. The smallest absolute Gasteiger partial charge is 0.265 e. The summed E-state index contributed by atoms with van der Waals surface area (Å²) in [7, 11) is 1.67. The second kappa shape index (κ2) is 9.45. The fraction of sp³-hybridized carbons (Fsp3) is 0.421. The van der Waals surface area contributed by atoms with Crippen LogP contribution in [0.3, 0.4) is 0 Å². The molecule has 1 aromatic carbocycles. The van der Waals surface area contributed by atoms with Crippen molar-refractivity contribution in [3.63, 3.8) is 0 Å². The molecule has 0 aromatic heterocycles. The first-order valence-corrected chi connectivity index (χ1v) is 10.2. The molecule has 2 amide bonds. The van der Waals surface area contributed by atoms with Crippen LogP contribution < -0.4 is 5.32 Å². The Morgan fingerprint density at radius 1 is 1.30 bits per heavy atom. The van der Waals surface area contributed by atoms with Gasteiger partial charge in [-0.3, -0.25) is 19.4 Å². The van der Waals surface area contributed by atoms with E-state index in [0.29, 0.717) is 21.3 Å². The number of hydrogen-bond donors (Lipinski definition) is 1. The third kappa shape index (κ3) is 5.38. The highest BCUT2D eigenvalue weighted by molar-refractivity contribution is 8.26. The van der Waals surface area contributed by atoms with Gasteiger partial charge in [-0.25, -0.2) is 0 Å². The van der Waals surface area contributed by atoms with Gasteiger partial charge in [0.15, 0.2) is 0 Å². The van der Waals surface area contributed by atoms with E-state index in [9.17, 15) is 9.59 Å². The van der Waals surface area contributed by atoms with Crippen molar-refractivity contribution in [2.24, 2.45) is 0 Å². The van der Waals surface area contributed by atoms with Crippen LogP contribution in [0, 0.1) is 0 Å². The molecule has 3 rings (SSSR count). The molecule has 1 aromatic rings. The van der Waals surface area contributed by atoms with E-state index in [2.05, 4.69) is 10.2 Å². The SMILES string of the molecule is CN1C(=O)C(=Cc2ccc(C(=O)NCCCN3CCOCC3)cc2)SC1=S. The Kier molecular flexibility index (Phi) is 7.01. The molecule has 144 valence electrons. The number of carbonyl (C=O) groups is 2. The summed E-state index contributed by atoms with van der Waals surface area (Å²) in [5.74, 6) is -0.171.